The first-order valence-electron chi connectivity index (χ1n) is 6.47. The van der Waals surface area contributed by atoms with Crippen LogP contribution < -0.4 is 5.32 Å². The van der Waals surface area contributed by atoms with Crippen LogP contribution in [0.15, 0.2) is 24.5 Å². The number of carbonyl (C=O) groups is 1. The fraction of sp³-hybridized carbons (Fsp3) is 0.538. The molecule has 1 N–H and O–H groups in total. The monoisotopic (exact) mass is 299 g/mol. The van der Waals surface area contributed by atoms with Gasteiger partial charge in [-0.2, -0.15) is 4.31 Å². The predicted octanol–water partition coefficient (Wildman–Crippen LogP) is 0.758. The summed E-state index contributed by atoms with van der Waals surface area (Å²) in [5.41, 5.74) is 0.871. The third kappa shape index (κ3) is 5.26. The van der Waals surface area contributed by atoms with Crippen molar-refractivity contribution in [3.8, 4) is 0 Å². The number of aromatic nitrogens is 1. The Hall–Kier alpha value is -1.47. The minimum atomic E-state index is -3.39. The lowest BCUT2D eigenvalue weighted by Crippen LogP contribution is -2.44. The molecule has 1 heterocycles. The Bertz CT molecular complexity index is 531. The maximum absolute atomic E-state index is 11.9. The largest absolute Gasteiger partial charge is 0.351 e. The van der Waals surface area contributed by atoms with Gasteiger partial charge in [0.05, 0.1) is 12.8 Å². The van der Waals surface area contributed by atoms with Crippen molar-refractivity contribution in [2.75, 3.05) is 12.8 Å². The lowest BCUT2D eigenvalue weighted by atomic mass is 10.2. The van der Waals surface area contributed by atoms with E-state index in [1.807, 2.05) is 13.0 Å². The zero-order chi connectivity index (χ0) is 15.2. The number of amides is 1. The molecule has 0 saturated carbocycles. The van der Waals surface area contributed by atoms with Crippen LogP contribution in [0.1, 0.15) is 25.8 Å². The van der Waals surface area contributed by atoms with E-state index in [9.17, 15) is 13.2 Å². The summed E-state index contributed by atoms with van der Waals surface area (Å²) >= 11 is 0. The van der Waals surface area contributed by atoms with Gasteiger partial charge in [0.2, 0.25) is 15.9 Å². The Labute approximate surface area is 120 Å². The van der Waals surface area contributed by atoms with E-state index in [1.54, 1.807) is 25.4 Å². The maximum Gasteiger partial charge on any atom is 0.235 e. The molecule has 6 nitrogen and oxygen atoms in total. The quantitative estimate of drug-likeness (QED) is 0.806. The van der Waals surface area contributed by atoms with Crippen molar-refractivity contribution in [2.24, 2.45) is 0 Å². The van der Waals surface area contributed by atoms with Gasteiger partial charge in [-0.1, -0.05) is 13.0 Å². The molecule has 1 aromatic heterocycles. The first kappa shape index (κ1) is 16.6. The number of hydrogen-bond donors (Lipinski definition) is 1. The molecular weight excluding hydrogens is 278 g/mol. The molecule has 1 unspecified atom stereocenters. The van der Waals surface area contributed by atoms with E-state index in [1.165, 1.54) is 4.31 Å². The summed E-state index contributed by atoms with van der Waals surface area (Å²) in [5, 5.41) is 2.70. The molecule has 0 aliphatic carbocycles. The van der Waals surface area contributed by atoms with Crippen molar-refractivity contribution in [1.82, 2.24) is 14.6 Å². The van der Waals surface area contributed by atoms with Gasteiger partial charge in [-0.25, -0.2) is 8.42 Å². The molecule has 0 aliphatic heterocycles. The van der Waals surface area contributed by atoms with E-state index >= 15 is 0 Å². The van der Waals surface area contributed by atoms with E-state index in [0.717, 1.165) is 11.8 Å². The van der Waals surface area contributed by atoms with E-state index in [2.05, 4.69) is 10.3 Å². The molecule has 20 heavy (non-hydrogen) atoms. The van der Waals surface area contributed by atoms with Crippen LogP contribution in [0.3, 0.4) is 0 Å². The average molecular weight is 299 g/mol. The number of sulfonamides is 1. The molecule has 0 fully saturated rings. The Morgan fingerprint density at radius 3 is 2.70 bits per heavy atom. The van der Waals surface area contributed by atoms with Crippen LogP contribution in [-0.2, 0) is 21.4 Å². The predicted molar refractivity (Wildman–Crippen MR) is 77.4 cm³/mol. The summed E-state index contributed by atoms with van der Waals surface area (Å²) in [6.45, 7) is 3.85. The Morgan fingerprint density at radius 1 is 1.50 bits per heavy atom. The number of nitrogens with one attached hydrogen (secondary N) is 1. The van der Waals surface area contributed by atoms with Gasteiger partial charge in [0.15, 0.2) is 0 Å². The van der Waals surface area contributed by atoms with E-state index in [0.29, 0.717) is 13.0 Å². The number of rotatable bonds is 7. The van der Waals surface area contributed by atoms with Crippen LogP contribution in [0, 0.1) is 0 Å². The fourth-order valence-corrected chi connectivity index (χ4v) is 2.86. The highest BCUT2D eigenvalue weighted by molar-refractivity contribution is 7.88. The van der Waals surface area contributed by atoms with Gasteiger partial charge in [-0.3, -0.25) is 9.78 Å². The van der Waals surface area contributed by atoms with Gasteiger partial charge in [-0.15, -0.1) is 0 Å². The molecular formula is C13H21N3O3S. The topological polar surface area (TPSA) is 79.4 Å². The molecule has 7 heteroatoms. The minimum absolute atomic E-state index is 0.159. The van der Waals surface area contributed by atoms with Gasteiger partial charge in [0.1, 0.15) is 0 Å². The second-order valence-electron chi connectivity index (χ2n) is 4.70. The molecule has 0 spiro atoms. The molecule has 1 atom stereocenters. The van der Waals surface area contributed by atoms with Crippen molar-refractivity contribution >= 4 is 15.9 Å². The molecule has 0 saturated heterocycles. The van der Waals surface area contributed by atoms with E-state index in [-0.39, 0.29) is 18.5 Å². The van der Waals surface area contributed by atoms with Gasteiger partial charge in [-0.05, 0) is 25.0 Å². The van der Waals surface area contributed by atoms with Crippen molar-refractivity contribution in [1.29, 1.82) is 0 Å². The Kier molecular flexibility index (Phi) is 6.09. The molecule has 1 aromatic rings. The van der Waals surface area contributed by atoms with Crippen LogP contribution in [0.2, 0.25) is 0 Å². The number of pyridine rings is 1. The van der Waals surface area contributed by atoms with E-state index in [4.69, 9.17) is 0 Å². The fourth-order valence-electron chi connectivity index (χ4n) is 1.70. The number of hydrogen-bond acceptors (Lipinski definition) is 4. The first-order valence-corrected chi connectivity index (χ1v) is 8.31. The van der Waals surface area contributed by atoms with Crippen LogP contribution >= 0.6 is 0 Å². The second kappa shape index (κ2) is 7.35. The highest BCUT2D eigenvalue weighted by Gasteiger charge is 2.24. The maximum atomic E-state index is 11.9. The normalized spacial score (nSPS) is 13.2. The first-order chi connectivity index (χ1) is 9.34. The van der Waals surface area contributed by atoms with Crippen molar-refractivity contribution in [2.45, 2.75) is 32.9 Å². The van der Waals surface area contributed by atoms with Crippen LogP contribution in [0.25, 0.3) is 0 Å². The second-order valence-corrected chi connectivity index (χ2v) is 6.64. The zero-order valence-electron chi connectivity index (χ0n) is 12.0. The van der Waals surface area contributed by atoms with Crippen molar-refractivity contribution < 1.29 is 13.2 Å². The van der Waals surface area contributed by atoms with Gasteiger partial charge in [0.25, 0.3) is 0 Å². The standard InChI is InChI=1S/C13H21N3O3S/c1-4-11(2)16(20(3,18)19)10-13(17)15-9-12-6-5-7-14-8-12/h5-8,11H,4,9-10H2,1-3H3,(H,15,17). The highest BCUT2D eigenvalue weighted by Crippen LogP contribution is 2.08. The Balaban J connectivity index is 2.59. The molecule has 0 aliphatic rings. The number of carbonyl (C=O) groups excluding carboxylic acids is 1. The molecule has 0 bridgehead atoms. The highest BCUT2D eigenvalue weighted by atomic mass is 32.2. The lowest BCUT2D eigenvalue weighted by molar-refractivity contribution is -0.121. The van der Waals surface area contributed by atoms with Gasteiger partial charge >= 0.3 is 0 Å². The van der Waals surface area contributed by atoms with Crippen LogP contribution in [0.5, 0.6) is 0 Å². The van der Waals surface area contributed by atoms with Crippen LogP contribution in [0.4, 0.5) is 0 Å². The third-order valence-corrected chi connectivity index (χ3v) is 4.36. The molecule has 112 valence electrons. The third-order valence-electron chi connectivity index (χ3n) is 3.02. The molecule has 1 rings (SSSR count). The van der Waals surface area contributed by atoms with Crippen molar-refractivity contribution in [3.05, 3.63) is 30.1 Å². The summed E-state index contributed by atoms with van der Waals surface area (Å²) in [5.74, 6) is -0.320. The number of nitrogens with zero attached hydrogens (tertiary/aromatic N) is 2. The Morgan fingerprint density at radius 2 is 2.20 bits per heavy atom. The molecule has 0 aromatic carbocycles. The van der Waals surface area contributed by atoms with Crippen molar-refractivity contribution in [3.63, 3.8) is 0 Å². The van der Waals surface area contributed by atoms with E-state index < -0.39 is 10.0 Å². The molecule has 1 amide bonds. The average Bonchev–Trinajstić information content (AvgIpc) is 2.41. The summed E-state index contributed by atoms with van der Waals surface area (Å²) in [7, 11) is -3.39. The minimum Gasteiger partial charge on any atom is -0.351 e. The summed E-state index contributed by atoms with van der Waals surface area (Å²) in [6, 6.07) is 3.42. The summed E-state index contributed by atoms with van der Waals surface area (Å²) < 4.78 is 24.6. The summed E-state index contributed by atoms with van der Waals surface area (Å²) in [6.07, 6.45) is 5.08. The zero-order valence-corrected chi connectivity index (χ0v) is 12.9. The summed E-state index contributed by atoms with van der Waals surface area (Å²) in [4.78, 5) is 15.8. The van der Waals surface area contributed by atoms with Gasteiger partial charge in [0, 0.05) is 25.0 Å². The SMILES string of the molecule is CCC(C)N(CC(=O)NCc1cccnc1)S(C)(=O)=O. The lowest BCUT2D eigenvalue weighted by Gasteiger charge is -2.25. The molecule has 0 radical (unpaired) electrons. The smallest absolute Gasteiger partial charge is 0.235 e. The van der Waals surface area contributed by atoms with Gasteiger partial charge < -0.3 is 5.32 Å². The van der Waals surface area contributed by atoms with Crippen LogP contribution in [-0.4, -0.2) is 42.5 Å².